The predicted octanol–water partition coefficient (Wildman–Crippen LogP) is 7.50. The highest BCUT2D eigenvalue weighted by molar-refractivity contribution is 9.13. The van der Waals surface area contributed by atoms with E-state index in [-0.39, 0.29) is 24.0 Å². The average molecular weight is 735 g/mol. The van der Waals surface area contributed by atoms with Crippen molar-refractivity contribution in [3.8, 4) is 11.5 Å². The number of para-hydroxylation sites is 1. The fraction of sp³-hybridized carbons (Fsp3) is 0.241. The van der Waals surface area contributed by atoms with Crippen LogP contribution in [0.5, 0.6) is 11.5 Å². The van der Waals surface area contributed by atoms with Gasteiger partial charge in [0, 0.05) is 26.1 Å². The third kappa shape index (κ3) is 6.82. The molecule has 0 unspecified atom stereocenters. The van der Waals surface area contributed by atoms with Crippen LogP contribution in [-0.2, 0) is 4.79 Å². The Bertz CT molecular complexity index is 1620. The van der Waals surface area contributed by atoms with Crippen LogP contribution in [0.3, 0.4) is 0 Å². The molecule has 8 nitrogen and oxygen atoms in total. The van der Waals surface area contributed by atoms with Crippen molar-refractivity contribution in [1.82, 2.24) is 9.66 Å². The van der Waals surface area contributed by atoms with Crippen molar-refractivity contribution in [2.75, 3.05) is 18.5 Å². The number of benzene rings is 3. The molecule has 0 aliphatic carbocycles. The lowest BCUT2D eigenvalue weighted by atomic mass is 10.1. The first-order valence-electron chi connectivity index (χ1n) is 12.6. The zero-order valence-electron chi connectivity index (χ0n) is 22.1. The average Bonchev–Trinajstić information content (AvgIpc) is 2.95. The molecule has 0 bridgehead atoms. The molecule has 1 atom stereocenters. The summed E-state index contributed by atoms with van der Waals surface area (Å²) in [5, 5.41) is 7.83. The van der Waals surface area contributed by atoms with Gasteiger partial charge >= 0.3 is 0 Å². The second-order valence-electron chi connectivity index (χ2n) is 8.86. The van der Waals surface area contributed by atoms with Crippen molar-refractivity contribution >= 4 is 76.5 Å². The summed E-state index contributed by atoms with van der Waals surface area (Å²) in [5.41, 5.74) is 1.67. The number of rotatable bonds is 10. The SMILES string of the molecule is CCOc1cc(C=Nn2c([C@H](C)CC)nc3ccc(Br)cc3c2=O)c(Br)c(Br)c1OCC(=O)Nc1ccccc1. The summed E-state index contributed by atoms with van der Waals surface area (Å²) in [5.74, 6) is 1.05. The number of amides is 1. The molecule has 1 N–H and O–H groups in total. The van der Waals surface area contributed by atoms with Gasteiger partial charge in [-0.3, -0.25) is 9.59 Å². The van der Waals surface area contributed by atoms with Crippen LogP contribution < -0.4 is 20.3 Å². The molecule has 0 aliphatic rings. The Labute approximate surface area is 257 Å². The minimum Gasteiger partial charge on any atom is -0.490 e. The molecule has 11 heteroatoms. The summed E-state index contributed by atoms with van der Waals surface area (Å²) < 4.78 is 15.0. The quantitative estimate of drug-likeness (QED) is 0.171. The molecule has 1 heterocycles. The maximum absolute atomic E-state index is 13.5. The lowest BCUT2D eigenvalue weighted by Crippen LogP contribution is -2.23. The highest BCUT2D eigenvalue weighted by atomic mass is 79.9. The van der Waals surface area contributed by atoms with Crippen molar-refractivity contribution < 1.29 is 14.3 Å². The molecule has 0 fully saturated rings. The Morgan fingerprint density at radius 1 is 1.07 bits per heavy atom. The third-order valence-electron chi connectivity index (χ3n) is 6.06. The molecule has 3 aromatic carbocycles. The van der Waals surface area contributed by atoms with Crippen molar-refractivity contribution in [3.05, 3.63) is 89.8 Å². The monoisotopic (exact) mass is 732 g/mol. The van der Waals surface area contributed by atoms with Crippen LogP contribution in [0.25, 0.3) is 10.9 Å². The van der Waals surface area contributed by atoms with E-state index in [4.69, 9.17) is 14.5 Å². The number of nitrogens with one attached hydrogen (secondary N) is 1. The van der Waals surface area contributed by atoms with E-state index in [9.17, 15) is 9.59 Å². The summed E-state index contributed by atoms with van der Waals surface area (Å²) in [7, 11) is 0. The van der Waals surface area contributed by atoms with E-state index in [1.165, 1.54) is 4.68 Å². The molecule has 1 amide bonds. The van der Waals surface area contributed by atoms with E-state index < -0.39 is 0 Å². The number of carbonyl (C=O) groups excluding carboxylic acids is 1. The molecule has 1 aromatic heterocycles. The smallest absolute Gasteiger partial charge is 0.282 e. The van der Waals surface area contributed by atoms with Gasteiger partial charge in [-0.15, -0.1) is 0 Å². The summed E-state index contributed by atoms with van der Waals surface area (Å²) in [6, 6.07) is 16.3. The Hall–Kier alpha value is -3.02. The molecule has 40 heavy (non-hydrogen) atoms. The number of nitrogens with zero attached hydrogens (tertiary/aromatic N) is 3. The normalized spacial score (nSPS) is 12.1. The van der Waals surface area contributed by atoms with Gasteiger partial charge in [-0.25, -0.2) is 4.98 Å². The molecule has 4 aromatic rings. The summed E-state index contributed by atoms with van der Waals surface area (Å²) in [4.78, 5) is 30.7. The Morgan fingerprint density at radius 3 is 2.52 bits per heavy atom. The number of aromatic nitrogens is 2. The van der Waals surface area contributed by atoms with Gasteiger partial charge in [0.2, 0.25) is 0 Å². The van der Waals surface area contributed by atoms with Gasteiger partial charge in [-0.2, -0.15) is 9.78 Å². The van der Waals surface area contributed by atoms with Crippen molar-refractivity contribution in [2.45, 2.75) is 33.1 Å². The van der Waals surface area contributed by atoms with E-state index in [1.54, 1.807) is 30.5 Å². The fourth-order valence-electron chi connectivity index (χ4n) is 3.85. The van der Waals surface area contributed by atoms with Gasteiger partial charge in [0.25, 0.3) is 11.5 Å². The fourth-order valence-corrected chi connectivity index (χ4v) is 5.15. The molecular formula is C29H27Br3N4O4. The maximum Gasteiger partial charge on any atom is 0.282 e. The molecule has 4 rings (SSSR count). The first-order valence-corrected chi connectivity index (χ1v) is 15.0. The number of hydrogen-bond donors (Lipinski definition) is 1. The van der Waals surface area contributed by atoms with Gasteiger partial charge in [-0.05, 0) is 81.6 Å². The molecular weight excluding hydrogens is 708 g/mol. The van der Waals surface area contributed by atoms with Crippen LogP contribution in [-0.4, -0.2) is 35.0 Å². The van der Waals surface area contributed by atoms with Crippen LogP contribution in [0.1, 0.15) is 44.5 Å². The Morgan fingerprint density at radius 2 is 1.82 bits per heavy atom. The van der Waals surface area contributed by atoms with Crippen LogP contribution >= 0.6 is 47.8 Å². The van der Waals surface area contributed by atoms with Crippen LogP contribution in [0.15, 0.2) is 77.9 Å². The summed E-state index contributed by atoms with van der Waals surface area (Å²) in [6.45, 7) is 6.06. The number of carbonyl (C=O) groups is 1. The highest BCUT2D eigenvalue weighted by Gasteiger charge is 2.19. The van der Waals surface area contributed by atoms with E-state index >= 15 is 0 Å². The second-order valence-corrected chi connectivity index (χ2v) is 11.4. The predicted molar refractivity (Wildman–Crippen MR) is 169 cm³/mol. The number of hydrogen-bond acceptors (Lipinski definition) is 6. The number of halogens is 3. The largest absolute Gasteiger partial charge is 0.490 e. The van der Waals surface area contributed by atoms with Crippen LogP contribution in [0.4, 0.5) is 5.69 Å². The number of fused-ring (bicyclic) bond motifs is 1. The second kappa shape index (κ2) is 13.6. The minimum absolute atomic E-state index is 0.00451. The van der Waals surface area contributed by atoms with Crippen molar-refractivity contribution in [1.29, 1.82) is 0 Å². The van der Waals surface area contributed by atoms with E-state index in [2.05, 4.69) is 58.2 Å². The van der Waals surface area contributed by atoms with Gasteiger partial charge in [0.1, 0.15) is 5.82 Å². The standard InChI is InChI=1S/C29H27Br3N4O4/c1-4-17(3)28-35-22-12-11-19(30)14-21(22)29(38)36(28)33-15-18-13-23(39-5-2)27(26(32)25(18)31)40-16-24(37)34-20-9-7-6-8-10-20/h6-15,17H,4-5,16H2,1-3H3,(H,34,37)/t17-/m1/s1. The lowest BCUT2D eigenvalue weighted by Gasteiger charge is -2.17. The molecule has 208 valence electrons. The van der Waals surface area contributed by atoms with E-state index in [0.717, 1.165) is 10.9 Å². The van der Waals surface area contributed by atoms with Crippen LogP contribution in [0, 0.1) is 0 Å². The first-order chi connectivity index (χ1) is 19.2. The van der Waals surface area contributed by atoms with Crippen molar-refractivity contribution in [2.24, 2.45) is 5.10 Å². The molecule has 0 saturated heterocycles. The Balaban J connectivity index is 1.69. The van der Waals surface area contributed by atoms with E-state index in [0.29, 0.717) is 55.0 Å². The number of anilines is 1. The molecule has 0 radical (unpaired) electrons. The zero-order valence-corrected chi connectivity index (χ0v) is 26.8. The van der Waals surface area contributed by atoms with E-state index in [1.807, 2.05) is 51.1 Å². The first kappa shape index (κ1) is 30.0. The summed E-state index contributed by atoms with van der Waals surface area (Å²) >= 11 is 10.6. The van der Waals surface area contributed by atoms with Gasteiger partial charge in [-0.1, -0.05) is 48.0 Å². The summed E-state index contributed by atoms with van der Waals surface area (Å²) in [6.07, 6.45) is 2.36. The Kier molecular flexibility index (Phi) is 10.2. The molecule has 0 aliphatic heterocycles. The maximum atomic E-state index is 13.5. The highest BCUT2D eigenvalue weighted by Crippen LogP contribution is 2.42. The minimum atomic E-state index is -0.310. The zero-order chi connectivity index (χ0) is 28.8. The topological polar surface area (TPSA) is 94.8 Å². The molecule has 0 saturated carbocycles. The van der Waals surface area contributed by atoms with Gasteiger partial charge in [0.05, 0.1) is 28.2 Å². The van der Waals surface area contributed by atoms with Crippen LogP contribution in [0.2, 0.25) is 0 Å². The van der Waals surface area contributed by atoms with Gasteiger partial charge in [0.15, 0.2) is 18.1 Å². The van der Waals surface area contributed by atoms with Crippen molar-refractivity contribution in [3.63, 3.8) is 0 Å². The lowest BCUT2D eigenvalue weighted by molar-refractivity contribution is -0.118. The van der Waals surface area contributed by atoms with Gasteiger partial charge < -0.3 is 14.8 Å². The third-order valence-corrected chi connectivity index (χ3v) is 8.70. The molecule has 0 spiro atoms. The number of ether oxygens (including phenoxy) is 2.